The molecular weight excluding hydrogens is 300 g/mol. The van der Waals surface area contributed by atoms with E-state index in [0.717, 1.165) is 43.4 Å². The average molecular weight is 320 g/mol. The molecule has 1 atom stereocenters. The molecule has 0 amide bonds. The number of hydrogen-bond donors (Lipinski definition) is 0. The Morgan fingerprint density at radius 1 is 1.17 bits per heavy atom. The van der Waals surface area contributed by atoms with Gasteiger partial charge in [-0.1, -0.05) is 30.3 Å². The lowest BCUT2D eigenvalue weighted by Crippen LogP contribution is -2.21. The third kappa shape index (κ3) is 2.99. The van der Waals surface area contributed by atoms with Crippen molar-refractivity contribution in [1.29, 1.82) is 0 Å². The van der Waals surface area contributed by atoms with Crippen LogP contribution in [0, 0.1) is 0 Å². The molecule has 0 bridgehead atoms. The molecule has 0 spiro atoms. The minimum Gasteiger partial charge on any atom is -0.356 e. The Labute approximate surface area is 141 Å². The molecular formula is C18H20N6. The van der Waals surface area contributed by atoms with E-state index in [9.17, 15) is 0 Å². The molecule has 6 nitrogen and oxygen atoms in total. The van der Waals surface area contributed by atoms with Crippen LogP contribution in [0.1, 0.15) is 29.6 Å². The number of anilines is 1. The van der Waals surface area contributed by atoms with Crippen LogP contribution in [0.25, 0.3) is 0 Å². The Bertz CT molecular complexity index is 813. The molecule has 0 radical (unpaired) electrons. The number of benzene rings is 1. The lowest BCUT2D eigenvalue weighted by Gasteiger charge is -2.17. The molecule has 0 saturated carbocycles. The van der Waals surface area contributed by atoms with Gasteiger partial charge in [0.15, 0.2) is 0 Å². The number of hydrogen-bond acceptors (Lipinski definition) is 5. The molecule has 0 aliphatic carbocycles. The maximum absolute atomic E-state index is 4.76. The zero-order chi connectivity index (χ0) is 16.4. The second-order valence-corrected chi connectivity index (χ2v) is 6.23. The second kappa shape index (κ2) is 6.39. The highest BCUT2D eigenvalue weighted by atomic mass is 15.3. The van der Waals surface area contributed by atoms with E-state index in [1.54, 1.807) is 6.33 Å². The van der Waals surface area contributed by atoms with Crippen molar-refractivity contribution < 1.29 is 0 Å². The van der Waals surface area contributed by atoms with E-state index < -0.39 is 0 Å². The molecule has 0 N–H and O–H groups in total. The van der Waals surface area contributed by atoms with Crippen molar-refractivity contribution in [2.75, 3.05) is 18.0 Å². The zero-order valence-corrected chi connectivity index (χ0v) is 13.7. The van der Waals surface area contributed by atoms with Crippen molar-refractivity contribution in [1.82, 2.24) is 24.7 Å². The van der Waals surface area contributed by atoms with Gasteiger partial charge in [0, 0.05) is 38.7 Å². The fraction of sp³-hybridized carbons (Fsp3) is 0.333. The van der Waals surface area contributed by atoms with Crippen LogP contribution in [0.4, 0.5) is 5.82 Å². The molecule has 1 saturated heterocycles. The summed E-state index contributed by atoms with van der Waals surface area (Å²) < 4.78 is 2.01. The van der Waals surface area contributed by atoms with Gasteiger partial charge in [0.25, 0.3) is 0 Å². The Balaban J connectivity index is 1.49. The molecule has 3 aromatic rings. The second-order valence-electron chi connectivity index (χ2n) is 6.23. The van der Waals surface area contributed by atoms with Gasteiger partial charge in [0.05, 0.1) is 0 Å². The molecule has 1 aromatic carbocycles. The molecule has 6 heteroatoms. The van der Waals surface area contributed by atoms with E-state index in [4.69, 9.17) is 4.98 Å². The third-order valence-corrected chi connectivity index (χ3v) is 4.52. The van der Waals surface area contributed by atoms with Gasteiger partial charge >= 0.3 is 0 Å². The van der Waals surface area contributed by atoms with Crippen LogP contribution in [-0.2, 0) is 13.5 Å². The summed E-state index contributed by atoms with van der Waals surface area (Å²) in [6.07, 6.45) is 5.46. The summed E-state index contributed by atoms with van der Waals surface area (Å²) in [5.41, 5.74) is 1.23. The average Bonchev–Trinajstić information content (AvgIpc) is 3.25. The zero-order valence-electron chi connectivity index (χ0n) is 13.7. The van der Waals surface area contributed by atoms with Gasteiger partial charge in [-0.3, -0.25) is 0 Å². The SMILES string of the molecule is Cn1cnnc1[C@H]1CCN(c2ccnc(Cc3ccccc3)n2)C1. The quantitative estimate of drug-likeness (QED) is 0.737. The summed E-state index contributed by atoms with van der Waals surface area (Å²) >= 11 is 0. The van der Waals surface area contributed by atoms with E-state index in [2.05, 4.69) is 32.2 Å². The molecule has 1 aliphatic rings. The molecule has 1 aliphatic heterocycles. The van der Waals surface area contributed by atoms with Gasteiger partial charge in [0.1, 0.15) is 23.8 Å². The van der Waals surface area contributed by atoms with Crippen LogP contribution >= 0.6 is 0 Å². The summed E-state index contributed by atoms with van der Waals surface area (Å²) in [5.74, 6) is 3.32. The van der Waals surface area contributed by atoms with Gasteiger partial charge in [-0.05, 0) is 18.1 Å². The summed E-state index contributed by atoms with van der Waals surface area (Å²) in [6.45, 7) is 1.91. The van der Waals surface area contributed by atoms with Crippen LogP contribution < -0.4 is 4.90 Å². The smallest absolute Gasteiger partial charge is 0.137 e. The first kappa shape index (κ1) is 14.8. The van der Waals surface area contributed by atoms with E-state index in [1.807, 2.05) is 42.1 Å². The highest BCUT2D eigenvalue weighted by Gasteiger charge is 2.28. The maximum atomic E-state index is 4.76. The van der Waals surface area contributed by atoms with E-state index in [0.29, 0.717) is 5.92 Å². The third-order valence-electron chi connectivity index (χ3n) is 4.52. The minimum absolute atomic E-state index is 0.407. The molecule has 2 aromatic heterocycles. The van der Waals surface area contributed by atoms with E-state index in [1.165, 1.54) is 5.56 Å². The standard InChI is InChI=1S/C18H20N6/c1-23-13-20-22-18(23)15-8-10-24(12-15)17-7-9-19-16(21-17)11-14-5-3-2-4-6-14/h2-7,9,13,15H,8,10-12H2,1H3/t15-/m0/s1. The van der Waals surface area contributed by atoms with Crippen LogP contribution in [-0.4, -0.2) is 37.8 Å². The topological polar surface area (TPSA) is 59.7 Å². The molecule has 122 valence electrons. The monoisotopic (exact) mass is 320 g/mol. The van der Waals surface area contributed by atoms with Crippen molar-refractivity contribution >= 4 is 5.82 Å². The van der Waals surface area contributed by atoms with Crippen molar-refractivity contribution in [2.24, 2.45) is 7.05 Å². The van der Waals surface area contributed by atoms with Crippen molar-refractivity contribution in [2.45, 2.75) is 18.8 Å². The molecule has 0 unspecified atom stereocenters. The molecule has 24 heavy (non-hydrogen) atoms. The van der Waals surface area contributed by atoms with Gasteiger partial charge in [-0.2, -0.15) is 0 Å². The molecule has 4 rings (SSSR count). The fourth-order valence-electron chi connectivity index (χ4n) is 3.27. The Hall–Kier alpha value is -2.76. The lowest BCUT2D eigenvalue weighted by molar-refractivity contribution is 0.662. The van der Waals surface area contributed by atoms with Gasteiger partial charge < -0.3 is 9.47 Å². The highest BCUT2D eigenvalue weighted by Crippen LogP contribution is 2.28. The van der Waals surface area contributed by atoms with Gasteiger partial charge in [-0.15, -0.1) is 10.2 Å². The fourth-order valence-corrected chi connectivity index (χ4v) is 3.27. The van der Waals surface area contributed by atoms with E-state index in [-0.39, 0.29) is 0 Å². The Morgan fingerprint density at radius 2 is 2.04 bits per heavy atom. The highest BCUT2D eigenvalue weighted by molar-refractivity contribution is 5.40. The summed E-state index contributed by atoms with van der Waals surface area (Å²) in [5, 5.41) is 8.25. The van der Waals surface area contributed by atoms with Crippen molar-refractivity contribution in [3.63, 3.8) is 0 Å². The first-order valence-corrected chi connectivity index (χ1v) is 8.24. The summed E-state index contributed by atoms with van der Waals surface area (Å²) in [7, 11) is 2.00. The normalized spacial score (nSPS) is 17.4. The Morgan fingerprint density at radius 3 is 2.83 bits per heavy atom. The predicted octanol–water partition coefficient (Wildman–Crippen LogP) is 2.19. The predicted molar refractivity (Wildman–Crippen MR) is 91.9 cm³/mol. The Kier molecular flexibility index (Phi) is 3.94. The number of nitrogens with zero attached hydrogens (tertiary/aromatic N) is 6. The van der Waals surface area contributed by atoms with Gasteiger partial charge in [-0.25, -0.2) is 9.97 Å². The van der Waals surface area contributed by atoms with Crippen LogP contribution in [0.15, 0.2) is 48.9 Å². The van der Waals surface area contributed by atoms with Crippen molar-refractivity contribution in [3.8, 4) is 0 Å². The summed E-state index contributed by atoms with van der Waals surface area (Å²) in [4.78, 5) is 11.5. The first-order valence-electron chi connectivity index (χ1n) is 8.24. The van der Waals surface area contributed by atoms with Crippen LogP contribution in [0.5, 0.6) is 0 Å². The minimum atomic E-state index is 0.407. The molecule has 1 fully saturated rings. The number of rotatable bonds is 4. The first-order chi connectivity index (χ1) is 11.8. The number of aryl methyl sites for hydroxylation is 1. The molecule has 3 heterocycles. The van der Waals surface area contributed by atoms with Crippen molar-refractivity contribution in [3.05, 3.63) is 66.1 Å². The summed E-state index contributed by atoms with van der Waals surface area (Å²) in [6, 6.07) is 12.3. The van der Waals surface area contributed by atoms with E-state index >= 15 is 0 Å². The van der Waals surface area contributed by atoms with Crippen LogP contribution in [0.3, 0.4) is 0 Å². The van der Waals surface area contributed by atoms with Crippen LogP contribution in [0.2, 0.25) is 0 Å². The number of aromatic nitrogens is 5. The largest absolute Gasteiger partial charge is 0.356 e. The maximum Gasteiger partial charge on any atom is 0.137 e. The van der Waals surface area contributed by atoms with Gasteiger partial charge in [0.2, 0.25) is 0 Å². The lowest BCUT2D eigenvalue weighted by atomic mass is 10.1.